The van der Waals surface area contributed by atoms with E-state index in [1.54, 1.807) is 0 Å². The zero-order valence-electron chi connectivity index (χ0n) is 10.6. The molecule has 18 heavy (non-hydrogen) atoms. The van der Waals surface area contributed by atoms with Gasteiger partial charge in [-0.3, -0.25) is 0 Å². The Morgan fingerprint density at radius 3 is 2.61 bits per heavy atom. The van der Waals surface area contributed by atoms with E-state index in [0.717, 1.165) is 18.2 Å². The van der Waals surface area contributed by atoms with E-state index >= 15 is 0 Å². The van der Waals surface area contributed by atoms with Crippen LogP contribution in [0, 0.1) is 0 Å². The molecule has 0 aromatic heterocycles. The number of rotatable bonds is 3. The third kappa shape index (κ3) is 2.87. The smallest absolute Gasteiger partial charge is 0.0480 e. The molecule has 1 aromatic carbocycles. The molecule has 3 rings (SSSR count). The van der Waals surface area contributed by atoms with Crippen LogP contribution < -0.4 is 5.32 Å². The Kier molecular flexibility index (Phi) is 3.88. The second kappa shape index (κ2) is 5.60. The van der Waals surface area contributed by atoms with E-state index in [1.807, 2.05) is 6.07 Å². The van der Waals surface area contributed by atoms with Gasteiger partial charge in [-0.05, 0) is 49.3 Å². The Labute approximate surface area is 114 Å². The molecule has 0 atom stereocenters. The minimum Gasteiger partial charge on any atom is -0.381 e. The lowest BCUT2D eigenvalue weighted by molar-refractivity contribution is 0.0698. The van der Waals surface area contributed by atoms with Crippen molar-refractivity contribution < 1.29 is 4.74 Å². The van der Waals surface area contributed by atoms with Gasteiger partial charge in [0.2, 0.25) is 0 Å². The lowest BCUT2D eigenvalue weighted by Gasteiger charge is -2.39. The van der Waals surface area contributed by atoms with E-state index in [9.17, 15) is 0 Å². The molecule has 1 aromatic rings. The van der Waals surface area contributed by atoms with Crippen LogP contribution in [0.15, 0.2) is 24.3 Å². The van der Waals surface area contributed by atoms with Crippen LogP contribution >= 0.6 is 11.6 Å². The molecule has 2 aliphatic rings. The second-order valence-corrected chi connectivity index (χ2v) is 5.91. The quantitative estimate of drug-likeness (QED) is 0.905. The van der Waals surface area contributed by atoms with Gasteiger partial charge >= 0.3 is 0 Å². The maximum atomic E-state index is 6.03. The van der Waals surface area contributed by atoms with Crippen molar-refractivity contribution in [3.05, 3.63) is 34.9 Å². The maximum Gasteiger partial charge on any atom is 0.0480 e. The molecule has 3 heteroatoms. The number of benzene rings is 1. The summed E-state index contributed by atoms with van der Waals surface area (Å²) >= 11 is 6.03. The third-order valence-corrected chi connectivity index (χ3v) is 4.39. The Morgan fingerprint density at radius 1 is 1.11 bits per heavy atom. The number of hydrogen-bond acceptors (Lipinski definition) is 2. The predicted molar refractivity (Wildman–Crippen MR) is 74.2 cm³/mol. The summed E-state index contributed by atoms with van der Waals surface area (Å²) in [4.78, 5) is 0. The highest BCUT2D eigenvalue weighted by molar-refractivity contribution is 6.30. The van der Waals surface area contributed by atoms with Crippen molar-refractivity contribution in [2.45, 2.75) is 43.7 Å². The van der Waals surface area contributed by atoms with Crippen molar-refractivity contribution in [3.63, 3.8) is 0 Å². The van der Waals surface area contributed by atoms with Gasteiger partial charge in [0.15, 0.2) is 0 Å². The fourth-order valence-corrected chi connectivity index (χ4v) is 3.18. The van der Waals surface area contributed by atoms with Crippen LogP contribution in [-0.2, 0) is 4.74 Å². The van der Waals surface area contributed by atoms with Crippen molar-refractivity contribution in [1.29, 1.82) is 0 Å². The van der Waals surface area contributed by atoms with Gasteiger partial charge in [-0.2, -0.15) is 0 Å². The summed E-state index contributed by atoms with van der Waals surface area (Å²) in [5.74, 6) is 0.695. The average molecular weight is 266 g/mol. The van der Waals surface area contributed by atoms with Crippen LogP contribution in [0.4, 0.5) is 0 Å². The van der Waals surface area contributed by atoms with Crippen molar-refractivity contribution >= 4 is 11.6 Å². The van der Waals surface area contributed by atoms with Crippen LogP contribution in [0.1, 0.15) is 37.2 Å². The lowest BCUT2D eigenvalue weighted by Crippen LogP contribution is -2.47. The van der Waals surface area contributed by atoms with Crippen LogP contribution in [0.5, 0.6) is 0 Å². The molecule has 0 radical (unpaired) electrons. The molecule has 98 valence electrons. The molecule has 0 amide bonds. The number of ether oxygens (including phenoxy) is 1. The molecule has 0 spiro atoms. The van der Waals surface area contributed by atoms with E-state index in [-0.39, 0.29) is 0 Å². The van der Waals surface area contributed by atoms with E-state index in [0.29, 0.717) is 18.0 Å². The Hall–Kier alpha value is -0.570. The summed E-state index contributed by atoms with van der Waals surface area (Å²) in [6, 6.07) is 9.66. The van der Waals surface area contributed by atoms with Crippen LogP contribution in [-0.4, -0.2) is 25.3 Å². The van der Waals surface area contributed by atoms with Gasteiger partial charge in [0.1, 0.15) is 0 Å². The molecule has 1 N–H and O–H groups in total. The molecule has 0 unspecified atom stereocenters. The standard InChI is InChI=1S/C15H20ClNO/c16-13-3-1-2-11(8-13)12-9-15(10-12)17-14-4-6-18-7-5-14/h1-3,8,12,14-15,17H,4-7,9-10H2. The Morgan fingerprint density at radius 2 is 1.89 bits per heavy atom. The van der Waals surface area contributed by atoms with Gasteiger partial charge < -0.3 is 10.1 Å². The molecule has 1 aliphatic carbocycles. The molecule has 1 aliphatic heterocycles. The zero-order chi connectivity index (χ0) is 12.4. The fourth-order valence-electron chi connectivity index (χ4n) is 2.98. The third-order valence-electron chi connectivity index (χ3n) is 4.15. The number of hydrogen-bond donors (Lipinski definition) is 1. The number of nitrogens with one attached hydrogen (secondary N) is 1. The largest absolute Gasteiger partial charge is 0.381 e. The van der Waals surface area contributed by atoms with Gasteiger partial charge in [-0.1, -0.05) is 23.7 Å². The van der Waals surface area contributed by atoms with Gasteiger partial charge in [-0.15, -0.1) is 0 Å². The molecule has 2 fully saturated rings. The summed E-state index contributed by atoms with van der Waals surface area (Å²) in [7, 11) is 0. The van der Waals surface area contributed by atoms with E-state index in [2.05, 4.69) is 23.5 Å². The summed E-state index contributed by atoms with van der Waals surface area (Å²) in [6.07, 6.45) is 4.83. The minimum atomic E-state index is 0.670. The van der Waals surface area contributed by atoms with Crippen molar-refractivity contribution in [3.8, 4) is 0 Å². The molecule has 0 bridgehead atoms. The van der Waals surface area contributed by atoms with E-state index < -0.39 is 0 Å². The van der Waals surface area contributed by atoms with E-state index in [1.165, 1.54) is 31.2 Å². The van der Waals surface area contributed by atoms with Crippen LogP contribution in [0.25, 0.3) is 0 Å². The van der Waals surface area contributed by atoms with Gasteiger partial charge in [0.05, 0.1) is 0 Å². The molecule has 1 heterocycles. The number of halogens is 1. The lowest BCUT2D eigenvalue weighted by atomic mass is 9.75. The molecule has 1 saturated heterocycles. The zero-order valence-corrected chi connectivity index (χ0v) is 11.3. The molecular formula is C15H20ClNO. The highest BCUT2D eigenvalue weighted by Crippen LogP contribution is 2.38. The molecule has 2 nitrogen and oxygen atoms in total. The van der Waals surface area contributed by atoms with E-state index in [4.69, 9.17) is 16.3 Å². The van der Waals surface area contributed by atoms with Crippen molar-refractivity contribution in [2.75, 3.05) is 13.2 Å². The monoisotopic (exact) mass is 265 g/mol. The molecular weight excluding hydrogens is 246 g/mol. The van der Waals surface area contributed by atoms with Crippen LogP contribution in [0.2, 0.25) is 5.02 Å². The predicted octanol–water partition coefficient (Wildman–Crippen LogP) is 3.35. The highest BCUT2D eigenvalue weighted by Gasteiger charge is 2.31. The summed E-state index contributed by atoms with van der Waals surface area (Å²) < 4.78 is 5.38. The molecule has 1 saturated carbocycles. The topological polar surface area (TPSA) is 21.3 Å². The average Bonchev–Trinajstić information content (AvgIpc) is 2.34. The Bertz CT molecular complexity index is 397. The normalized spacial score (nSPS) is 28.9. The van der Waals surface area contributed by atoms with Gasteiger partial charge in [0, 0.05) is 30.3 Å². The SMILES string of the molecule is Clc1cccc(C2CC(NC3CCOCC3)C2)c1. The van der Waals surface area contributed by atoms with Crippen LogP contribution in [0.3, 0.4) is 0 Å². The van der Waals surface area contributed by atoms with Gasteiger partial charge in [-0.25, -0.2) is 0 Å². The highest BCUT2D eigenvalue weighted by atomic mass is 35.5. The maximum absolute atomic E-state index is 6.03. The van der Waals surface area contributed by atoms with Crippen molar-refractivity contribution in [2.24, 2.45) is 0 Å². The second-order valence-electron chi connectivity index (χ2n) is 5.47. The minimum absolute atomic E-state index is 0.670. The first-order valence-corrected chi connectivity index (χ1v) is 7.28. The first-order chi connectivity index (χ1) is 8.81. The first-order valence-electron chi connectivity index (χ1n) is 6.90. The summed E-state index contributed by atoms with van der Waals surface area (Å²) in [5, 5.41) is 4.61. The summed E-state index contributed by atoms with van der Waals surface area (Å²) in [6.45, 7) is 1.84. The Balaban J connectivity index is 1.48. The van der Waals surface area contributed by atoms with Gasteiger partial charge in [0.25, 0.3) is 0 Å². The van der Waals surface area contributed by atoms with Crippen molar-refractivity contribution in [1.82, 2.24) is 5.32 Å². The fraction of sp³-hybridized carbons (Fsp3) is 0.600. The summed E-state index contributed by atoms with van der Waals surface area (Å²) in [5.41, 5.74) is 1.40. The first kappa shape index (κ1) is 12.5.